The van der Waals surface area contributed by atoms with Crippen molar-refractivity contribution in [3.8, 4) is 11.1 Å². The molecule has 4 rings (SSSR count). The van der Waals surface area contributed by atoms with Gasteiger partial charge in [-0.1, -0.05) is 42.5 Å². The molecule has 9 heteroatoms. The number of aromatic amines is 1. The molecule has 1 unspecified atom stereocenters. The van der Waals surface area contributed by atoms with Crippen LogP contribution in [0.2, 0.25) is 0 Å². The van der Waals surface area contributed by atoms with Gasteiger partial charge in [0.15, 0.2) is 0 Å². The van der Waals surface area contributed by atoms with E-state index >= 15 is 0 Å². The molecule has 2 atom stereocenters. The first-order chi connectivity index (χ1) is 15.7. The topological polar surface area (TPSA) is 105 Å². The van der Waals surface area contributed by atoms with Crippen LogP contribution in [0.15, 0.2) is 65.3 Å². The molecule has 0 saturated heterocycles. The van der Waals surface area contributed by atoms with Gasteiger partial charge in [0.05, 0.1) is 6.20 Å². The van der Waals surface area contributed by atoms with Crippen molar-refractivity contribution in [2.75, 3.05) is 6.61 Å². The fourth-order valence-corrected chi connectivity index (χ4v) is 6.15. The third-order valence-corrected chi connectivity index (χ3v) is 7.72. The van der Waals surface area contributed by atoms with Crippen LogP contribution in [0.4, 0.5) is 4.39 Å². The summed E-state index contributed by atoms with van der Waals surface area (Å²) < 4.78 is 50.9. The minimum Gasteiger partial charge on any atom is -0.472 e. The smallest absolute Gasteiger partial charge is 0.267 e. The second-order valence-corrected chi connectivity index (χ2v) is 10.3. The Morgan fingerprint density at radius 3 is 2.48 bits per heavy atom. The lowest BCUT2D eigenvalue weighted by Gasteiger charge is -2.38. The summed E-state index contributed by atoms with van der Waals surface area (Å²) in [7, 11) is -3.96. The van der Waals surface area contributed by atoms with Gasteiger partial charge in [0.1, 0.15) is 16.7 Å². The molecule has 0 amide bonds. The first-order valence-corrected chi connectivity index (χ1v) is 12.2. The standard InChI is InChI=1S/C24H26FN3O4S/c1-24(2)23(17-9-7-16(8-10-17)19-14-26-27-15-19)33(30,31)28-22(32-24)13-18(11-12-29)20-5-3-4-6-21(20)25/h3-10,14-15,18,23,29H,11-13H2,1-2H3,(H,26,27)/t18-,23?/m1/s1. The quantitative estimate of drug-likeness (QED) is 0.533. The summed E-state index contributed by atoms with van der Waals surface area (Å²) in [6, 6.07) is 13.4. The van der Waals surface area contributed by atoms with E-state index < -0.39 is 32.6 Å². The average Bonchev–Trinajstić information content (AvgIpc) is 3.27. The third kappa shape index (κ3) is 4.84. The molecule has 1 aliphatic rings. The van der Waals surface area contributed by atoms with E-state index in [0.29, 0.717) is 11.1 Å². The summed E-state index contributed by atoms with van der Waals surface area (Å²) >= 11 is 0. The van der Waals surface area contributed by atoms with Crippen LogP contribution in [0.5, 0.6) is 0 Å². The Balaban J connectivity index is 1.63. The van der Waals surface area contributed by atoms with Crippen molar-refractivity contribution in [3.05, 3.63) is 77.9 Å². The van der Waals surface area contributed by atoms with Gasteiger partial charge < -0.3 is 9.84 Å². The van der Waals surface area contributed by atoms with E-state index in [9.17, 15) is 17.9 Å². The summed E-state index contributed by atoms with van der Waals surface area (Å²) in [5.74, 6) is -0.857. The lowest BCUT2D eigenvalue weighted by Crippen LogP contribution is -2.43. The van der Waals surface area contributed by atoms with Crippen molar-refractivity contribution in [2.24, 2.45) is 4.40 Å². The lowest BCUT2D eigenvalue weighted by molar-refractivity contribution is 0.0797. The van der Waals surface area contributed by atoms with Gasteiger partial charge in [0.2, 0.25) is 5.90 Å². The Bertz CT molecular complexity index is 1240. The number of benzene rings is 2. The highest BCUT2D eigenvalue weighted by molar-refractivity contribution is 7.90. The average molecular weight is 472 g/mol. The second kappa shape index (κ2) is 9.07. The van der Waals surface area contributed by atoms with Crippen LogP contribution in [-0.4, -0.2) is 41.8 Å². The normalized spacial score (nSPS) is 20.0. The number of aromatic nitrogens is 2. The molecule has 3 aromatic rings. The molecule has 0 fully saturated rings. The number of hydrogen-bond acceptors (Lipinski definition) is 5. The first-order valence-electron chi connectivity index (χ1n) is 10.7. The summed E-state index contributed by atoms with van der Waals surface area (Å²) in [6.45, 7) is 3.24. The fourth-order valence-electron chi connectivity index (χ4n) is 4.38. The predicted octanol–water partition coefficient (Wildman–Crippen LogP) is 4.35. The van der Waals surface area contributed by atoms with Gasteiger partial charge in [0.25, 0.3) is 10.0 Å². The van der Waals surface area contributed by atoms with Crippen molar-refractivity contribution in [1.29, 1.82) is 0 Å². The molecule has 1 aromatic heterocycles. The predicted molar refractivity (Wildman–Crippen MR) is 124 cm³/mol. The maximum atomic E-state index is 14.4. The molecule has 2 aromatic carbocycles. The number of sulfonamides is 1. The highest BCUT2D eigenvalue weighted by Gasteiger charge is 2.47. The largest absolute Gasteiger partial charge is 0.472 e. The van der Waals surface area contributed by atoms with Crippen molar-refractivity contribution in [3.63, 3.8) is 0 Å². The van der Waals surface area contributed by atoms with E-state index in [1.807, 2.05) is 12.1 Å². The van der Waals surface area contributed by atoms with E-state index in [2.05, 4.69) is 14.6 Å². The lowest BCUT2D eigenvalue weighted by atomic mass is 9.91. The highest BCUT2D eigenvalue weighted by Crippen LogP contribution is 2.42. The third-order valence-electron chi connectivity index (χ3n) is 5.83. The fraction of sp³-hybridized carbons (Fsp3) is 0.333. The molecule has 7 nitrogen and oxygen atoms in total. The first kappa shape index (κ1) is 23.1. The number of ether oxygens (including phenoxy) is 1. The number of aliphatic hydroxyl groups is 1. The van der Waals surface area contributed by atoms with Crippen LogP contribution in [-0.2, 0) is 14.8 Å². The molecule has 0 radical (unpaired) electrons. The Morgan fingerprint density at radius 1 is 1.15 bits per heavy atom. The van der Waals surface area contributed by atoms with E-state index in [-0.39, 0.29) is 25.3 Å². The van der Waals surface area contributed by atoms with Crippen LogP contribution in [0.1, 0.15) is 49.0 Å². The number of halogens is 1. The zero-order valence-electron chi connectivity index (χ0n) is 18.4. The highest BCUT2D eigenvalue weighted by atomic mass is 32.2. The van der Waals surface area contributed by atoms with Crippen molar-refractivity contribution >= 4 is 15.9 Å². The SMILES string of the molecule is CC1(C)OC(C[C@@H](CCO)c2ccccc2F)=NS(=O)(=O)C1c1ccc(-c2cn[nH]c2)cc1. The Morgan fingerprint density at radius 2 is 1.88 bits per heavy atom. The van der Waals surface area contributed by atoms with Crippen molar-refractivity contribution < 1.29 is 22.7 Å². The van der Waals surface area contributed by atoms with Gasteiger partial charge in [0, 0.05) is 24.8 Å². The van der Waals surface area contributed by atoms with Crippen LogP contribution >= 0.6 is 0 Å². The summed E-state index contributed by atoms with van der Waals surface area (Å²) in [4.78, 5) is 0. The minimum absolute atomic E-state index is 0.0213. The van der Waals surface area contributed by atoms with Crippen LogP contribution < -0.4 is 0 Å². The molecule has 0 spiro atoms. The minimum atomic E-state index is -3.96. The Hall–Kier alpha value is -3.04. The van der Waals surface area contributed by atoms with Gasteiger partial charge in [-0.3, -0.25) is 5.10 Å². The van der Waals surface area contributed by atoms with Crippen LogP contribution in [0.3, 0.4) is 0 Å². The van der Waals surface area contributed by atoms with Crippen molar-refractivity contribution in [2.45, 2.75) is 43.5 Å². The van der Waals surface area contributed by atoms with E-state index in [0.717, 1.165) is 11.1 Å². The number of H-pyrrole nitrogens is 1. The molecule has 33 heavy (non-hydrogen) atoms. The maximum absolute atomic E-state index is 14.4. The molecule has 174 valence electrons. The molecule has 2 N–H and O–H groups in total. The zero-order valence-corrected chi connectivity index (χ0v) is 19.2. The van der Waals surface area contributed by atoms with Gasteiger partial charge in [-0.15, -0.1) is 4.40 Å². The van der Waals surface area contributed by atoms with Gasteiger partial charge in [-0.2, -0.15) is 5.10 Å². The van der Waals surface area contributed by atoms with E-state index in [1.165, 1.54) is 6.07 Å². The molecule has 2 heterocycles. The number of nitrogens with zero attached hydrogens (tertiary/aromatic N) is 2. The number of hydrogen-bond donors (Lipinski definition) is 2. The molecule has 1 aliphatic heterocycles. The Labute approximate surface area is 192 Å². The molecule has 0 saturated carbocycles. The van der Waals surface area contributed by atoms with Gasteiger partial charge in [-0.05, 0) is 48.9 Å². The Kier molecular flexibility index (Phi) is 6.36. The molecule has 0 bridgehead atoms. The van der Waals surface area contributed by atoms with E-state index in [1.54, 1.807) is 56.6 Å². The number of rotatable bonds is 7. The summed E-state index contributed by atoms with van der Waals surface area (Å²) in [6.07, 6.45) is 3.77. The molecular formula is C24H26FN3O4S. The maximum Gasteiger partial charge on any atom is 0.267 e. The van der Waals surface area contributed by atoms with Crippen molar-refractivity contribution in [1.82, 2.24) is 10.2 Å². The van der Waals surface area contributed by atoms with E-state index in [4.69, 9.17) is 4.74 Å². The van der Waals surface area contributed by atoms with Gasteiger partial charge in [-0.25, -0.2) is 12.8 Å². The summed E-state index contributed by atoms with van der Waals surface area (Å²) in [5, 5.41) is 15.2. The summed E-state index contributed by atoms with van der Waals surface area (Å²) in [5.41, 5.74) is 1.65. The molecular weight excluding hydrogens is 445 g/mol. The second-order valence-electron chi connectivity index (χ2n) is 8.63. The number of aliphatic hydroxyl groups excluding tert-OH is 1. The monoisotopic (exact) mass is 471 g/mol. The van der Waals surface area contributed by atoms with Gasteiger partial charge >= 0.3 is 0 Å². The van der Waals surface area contributed by atoms with Crippen LogP contribution in [0, 0.1) is 5.82 Å². The zero-order chi connectivity index (χ0) is 23.6. The van der Waals surface area contributed by atoms with Crippen LogP contribution in [0.25, 0.3) is 11.1 Å². The molecule has 0 aliphatic carbocycles. The number of nitrogens with one attached hydrogen (secondary N) is 1.